The number of nitrogens with zero attached hydrogens (tertiary/aromatic N) is 2. The highest BCUT2D eigenvalue weighted by Gasteiger charge is 2.27. The molecule has 0 spiro atoms. The molecule has 2 nitrogen and oxygen atoms in total. The van der Waals surface area contributed by atoms with E-state index in [1.165, 1.54) is 23.4 Å². The van der Waals surface area contributed by atoms with Crippen LogP contribution in [0.25, 0.3) is 67.3 Å². The van der Waals surface area contributed by atoms with Gasteiger partial charge in [0.1, 0.15) is 0 Å². The van der Waals surface area contributed by atoms with E-state index in [0.717, 1.165) is 33.5 Å². The molecule has 7 aromatic rings. The normalized spacial score (nSPS) is 11.5. The molecule has 252 valence electrons. The smallest absolute Gasteiger partial charge is 0.200 e. The second-order valence-corrected chi connectivity index (χ2v) is 18.4. The monoisotopic (exact) mass is 698 g/mol. The summed E-state index contributed by atoms with van der Waals surface area (Å²) in [6, 6.07) is 41.9. The first-order chi connectivity index (χ1) is 24.5. The van der Waals surface area contributed by atoms with Gasteiger partial charge in [-0.25, -0.2) is 31.9 Å². The summed E-state index contributed by atoms with van der Waals surface area (Å²) in [5.41, 5.74) is 6.06. The Morgan fingerprint density at radius 1 is 0.373 bits per heavy atom. The van der Waals surface area contributed by atoms with Gasteiger partial charge in [-0.05, 0) is 52.1 Å². The second-order valence-electron chi connectivity index (χ2n) is 13.3. The minimum absolute atomic E-state index is 0.141. The third kappa shape index (κ3) is 6.75. The summed E-state index contributed by atoms with van der Waals surface area (Å²) in [4.78, 5) is 10.0. The zero-order chi connectivity index (χ0) is 35.9. The van der Waals surface area contributed by atoms with Gasteiger partial charge in [0.05, 0.1) is 25.0 Å². The van der Waals surface area contributed by atoms with Crippen LogP contribution in [0.2, 0.25) is 19.6 Å². The lowest BCUT2D eigenvalue weighted by atomic mass is 9.96. The third-order valence-electron chi connectivity index (χ3n) is 8.85. The zero-order valence-electron chi connectivity index (χ0n) is 28.0. The summed E-state index contributed by atoms with van der Waals surface area (Å²) < 4.78 is 71.4. The van der Waals surface area contributed by atoms with Crippen molar-refractivity contribution < 1.29 is 22.0 Å². The largest absolute Gasteiger partial charge is 0.228 e. The van der Waals surface area contributed by atoms with Crippen molar-refractivity contribution in [3.63, 3.8) is 0 Å². The van der Waals surface area contributed by atoms with Crippen molar-refractivity contribution in [3.05, 3.63) is 163 Å². The van der Waals surface area contributed by atoms with Crippen LogP contribution in [0.4, 0.5) is 22.0 Å². The average Bonchev–Trinajstić information content (AvgIpc) is 3.16. The van der Waals surface area contributed by atoms with Crippen LogP contribution in [-0.2, 0) is 0 Å². The minimum Gasteiger partial charge on any atom is -0.228 e. The molecule has 8 heteroatoms. The van der Waals surface area contributed by atoms with Crippen molar-refractivity contribution in [3.8, 4) is 67.3 Å². The lowest BCUT2D eigenvalue weighted by Crippen LogP contribution is -2.37. The van der Waals surface area contributed by atoms with Crippen LogP contribution in [0, 0.1) is 29.1 Å². The highest BCUT2D eigenvalue weighted by molar-refractivity contribution is 6.88. The van der Waals surface area contributed by atoms with E-state index >= 15 is 0 Å². The van der Waals surface area contributed by atoms with Crippen molar-refractivity contribution in [2.45, 2.75) is 19.6 Å². The van der Waals surface area contributed by atoms with E-state index in [-0.39, 0.29) is 5.56 Å². The standard InChI is InChI=1S/C43H31F5N2Si/c1-51(2,3)34-20-18-27(19-21-34)35-25-36(50-43(49-35)33-17-9-12-28(24-33)26-10-5-4-6-11-26)31-15-7-13-29(22-31)30-14-8-16-32(23-30)37-38(44)40(46)42(48)41(47)39(37)45/h4-25H,1-3H3. The van der Waals surface area contributed by atoms with E-state index < -0.39 is 42.7 Å². The Balaban J connectivity index is 1.34. The fourth-order valence-electron chi connectivity index (χ4n) is 6.05. The first-order valence-electron chi connectivity index (χ1n) is 16.4. The quantitative estimate of drug-likeness (QED) is 0.0717. The van der Waals surface area contributed by atoms with Crippen LogP contribution in [0.3, 0.4) is 0 Å². The summed E-state index contributed by atoms with van der Waals surface area (Å²) in [5, 5.41) is 1.33. The Bertz CT molecular complexity index is 2380. The van der Waals surface area contributed by atoms with Gasteiger partial charge in [0.15, 0.2) is 29.1 Å². The van der Waals surface area contributed by atoms with Gasteiger partial charge in [-0.1, -0.05) is 134 Å². The fourth-order valence-corrected chi connectivity index (χ4v) is 7.22. The van der Waals surface area contributed by atoms with E-state index in [1.54, 1.807) is 6.07 Å². The number of rotatable bonds is 7. The molecule has 0 saturated heterocycles. The average molecular weight is 699 g/mol. The summed E-state index contributed by atoms with van der Waals surface area (Å²) in [5.74, 6) is -9.40. The lowest BCUT2D eigenvalue weighted by molar-refractivity contribution is 0.381. The van der Waals surface area contributed by atoms with Gasteiger partial charge in [-0.3, -0.25) is 0 Å². The molecule has 0 saturated carbocycles. The molecule has 0 aliphatic carbocycles. The Morgan fingerprint density at radius 3 is 1.39 bits per heavy atom. The zero-order valence-corrected chi connectivity index (χ0v) is 29.0. The lowest BCUT2D eigenvalue weighted by Gasteiger charge is -2.17. The van der Waals surface area contributed by atoms with Crippen molar-refractivity contribution in [2.75, 3.05) is 0 Å². The van der Waals surface area contributed by atoms with Gasteiger partial charge in [-0.15, -0.1) is 0 Å². The molecule has 7 rings (SSSR count). The Hall–Kier alpha value is -5.73. The van der Waals surface area contributed by atoms with E-state index in [9.17, 15) is 22.0 Å². The molecule has 0 fully saturated rings. The van der Waals surface area contributed by atoms with E-state index in [2.05, 4.69) is 50.0 Å². The first-order valence-corrected chi connectivity index (χ1v) is 19.9. The molecule has 51 heavy (non-hydrogen) atoms. The topological polar surface area (TPSA) is 25.8 Å². The molecule has 6 aromatic carbocycles. The Kier molecular flexibility index (Phi) is 8.95. The summed E-state index contributed by atoms with van der Waals surface area (Å²) in [6.07, 6.45) is 0. The molecule has 0 aliphatic rings. The van der Waals surface area contributed by atoms with Gasteiger partial charge in [0.2, 0.25) is 5.82 Å². The molecule has 0 bridgehead atoms. The van der Waals surface area contributed by atoms with Crippen molar-refractivity contribution in [1.82, 2.24) is 9.97 Å². The maximum Gasteiger partial charge on any atom is 0.200 e. The van der Waals surface area contributed by atoms with E-state index in [1.807, 2.05) is 78.9 Å². The Labute approximate surface area is 294 Å². The highest BCUT2D eigenvalue weighted by Crippen LogP contribution is 2.36. The van der Waals surface area contributed by atoms with Crippen LogP contribution in [0.15, 0.2) is 133 Å². The van der Waals surface area contributed by atoms with Crippen molar-refractivity contribution >= 4 is 13.3 Å². The Morgan fingerprint density at radius 2 is 0.804 bits per heavy atom. The number of aromatic nitrogens is 2. The van der Waals surface area contributed by atoms with Crippen LogP contribution < -0.4 is 5.19 Å². The van der Waals surface area contributed by atoms with Gasteiger partial charge in [0, 0.05) is 16.7 Å². The SMILES string of the molecule is C[Si](C)(C)c1ccc(-c2cc(-c3cccc(-c4cccc(-c5c(F)c(F)c(F)c(F)c5F)c4)c3)nc(-c3cccc(-c4ccccc4)c3)n2)cc1. The van der Waals surface area contributed by atoms with Crippen LogP contribution in [0.5, 0.6) is 0 Å². The maximum absolute atomic E-state index is 14.7. The predicted octanol–water partition coefficient (Wildman–Crippen LogP) is 11.7. The fraction of sp³-hybridized carbons (Fsp3) is 0.0698. The number of halogens is 5. The van der Waals surface area contributed by atoms with Crippen LogP contribution >= 0.6 is 0 Å². The molecular formula is C43H31F5N2Si. The van der Waals surface area contributed by atoms with Gasteiger partial charge in [-0.2, -0.15) is 0 Å². The van der Waals surface area contributed by atoms with Crippen molar-refractivity contribution in [1.29, 1.82) is 0 Å². The number of benzene rings is 6. The number of hydrogen-bond acceptors (Lipinski definition) is 2. The van der Waals surface area contributed by atoms with E-state index in [0.29, 0.717) is 22.6 Å². The molecule has 0 N–H and O–H groups in total. The second kappa shape index (κ2) is 13.5. The van der Waals surface area contributed by atoms with Crippen LogP contribution in [0.1, 0.15) is 0 Å². The van der Waals surface area contributed by atoms with Crippen molar-refractivity contribution in [2.24, 2.45) is 0 Å². The minimum atomic E-state index is -2.19. The van der Waals surface area contributed by atoms with Gasteiger partial charge in [0.25, 0.3) is 0 Å². The summed E-state index contributed by atoms with van der Waals surface area (Å²) in [7, 11) is -1.53. The molecule has 1 aromatic heterocycles. The number of hydrogen-bond donors (Lipinski definition) is 0. The molecule has 0 radical (unpaired) electrons. The molecule has 0 aliphatic heterocycles. The molecular weight excluding hydrogens is 668 g/mol. The molecule has 0 unspecified atom stereocenters. The molecule has 0 atom stereocenters. The van der Waals surface area contributed by atoms with Crippen LogP contribution in [-0.4, -0.2) is 18.0 Å². The summed E-state index contributed by atoms with van der Waals surface area (Å²) >= 11 is 0. The van der Waals surface area contributed by atoms with E-state index in [4.69, 9.17) is 9.97 Å². The maximum atomic E-state index is 14.7. The first kappa shape index (κ1) is 33.7. The highest BCUT2D eigenvalue weighted by atomic mass is 28.3. The molecule has 0 amide bonds. The van der Waals surface area contributed by atoms with Gasteiger partial charge < -0.3 is 0 Å². The molecule has 1 heterocycles. The predicted molar refractivity (Wildman–Crippen MR) is 197 cm³/mol. The van der Waals surface area contributed by atoms with Gasteiger partial charge >= 0.3 is 0 Å². The third-order valence-corrected chi connectivity index (χ3v) is 10.9. The summed E-state index contributed by atoms with van der Waals surface area (Å²) in [6.45, 7) is 6.90.